The molecule has 0 spiro atoms. The second-order valence-electron chi connectivity index (χ2n) is 6.21. The van der Waals surface area contributed by atoms with Crippen LogP contribution in [0.15, 0.2) is 48.5 Å². The summed E-state index contributed by atoms with van der Waals surface area (Å²) in [6, 6.07) is 14.7. The first-order valence-electron chi connectivity index (χ1n) is 8.91. The number of aromatic nitrogens is 3. The number of nitrogens with one attached hydrogen (secondary N) is 2. The fourth-order valence-corrected chi connectivity index (χ4v) is 3.38. The Labute approximate surface area is 173 Å². The number of halogens is 1. The topological polar surface area (TPSA) is 71.9 Å². The lowest BCUT2D eigenvalue weighted by molar-refractivity contribution is -0.122. The van der Waals surface area contributed by atoms with E-state index < -0.39 is 0 Å². The minimum absolute atomic E-state index is 0.0483. The molecule has 2 N–H and O–H groups in total. The van der Waals surface area contributed by atoms with Crippen molar-refractivity contribution in [2.24, 2.45) is 0 Å². The van der Waals surface area contributed by atoms with Gasteiger partial charge in [0.25, 0.3) is 0 Å². The summed E-state index contributed by atoms with van der Waals surface area (Å²) in [5.41, 5.74) is 1.70. The lowest BCUT2D eigenvalue weighted by Gasteiger charge is -2.16. The first-order chi connectivity index (χ1) is 13.5. The van der Waals surface area contributed by atoms with Crippen molar-refractivity contribution in [3.8, 4) is 17.1 Å². The van der Waals surface area contributed by atoms with Gasteiger partial charge in [-0.2, -0.15) is 5.10 Å². The quantitative estimate of drug-likeness (QED) is 0.555. The van der Waals surface area contributed by atoms with E-state index in [9.17, 15) is 4.79 Å². The molecule has 2 aromatic carbocycles. The number of hydrogen-bond donors (Lipinski definition) is 2. The van der Waals surface area contributed by atoms with Crippen LogP contribution in [0.1, 0.15) is 25.5 Å². The molecular formula is C20H21ClN4O2S. The highest BCUT2D eigenvalue weighted by molar-refractivity contribution is 7.71. The molecule has 1 atom stereocenters. The summed E-state index contributed by atoms with van der Waals surface area (Å²) in [4.78, 5) is 12.6. The van der Waals surface area contributed by atoms with Crippen molar-refractivity contribution in [3.05, 3.63) is 63.9 Å². The summed E-state index contributed by atoms with van der Waals surface area (Å²) >= 11 is 11.5. The molecule has 0 aliphatic heterocycles. The molecule has 0 fully saturated rings. The average molecular weight is 417 g/mol. The Kier molecular flexibility index (Phi) is 6.49. The van der Waals surface area contributed by atoms with Crippen molar-refractivity contribution in [2.45, 2.75) is 26.4 Å². The molecule has 28 heavy (non-hydrogen) atoms. The van der Waals surface area contributed by atoms with Crippen LogP contribution in [0.4, 0.5) is 0 Å². The lowest BCUT2D eigenvalue weighted by atomic mass is 10.1. The zero-order valence-corrected chi connectivity index (χ0v) is 17.2. The maximum atomic E-state index is 12.6. The van der Waals surface area contributed by atoms with Gasteiger partial charge < -0.3 is 10.1 Å². The van der Waals surface area contributed by atoms with E-state index in [2.05, 4.69) is 15.5 Å². The number of H-pyrrole nitrogens is 1. The number of nitrogens with zero attached hydrogens (tertiary/aromatic N) is 2. The molecule has 3 aromatic rings. The Morgan fingerprint density at radius 1 is 1.29 bits per heavy atom. The van der Waals surface area contributed by atoms with Gasteiger partial charge in [-0.15, -0.1) is 0 Å². The molecular weight excluding hydrogens is 396 g/mol. The van der Waals surface area contributed by atoms with Crippen LogP contribution in [0.2, 0.25) is 5.02 Å². The number of amides is 1. The molecule has 1 amide bonds. The van der Waals surface area contributed by atoms with Crippen molar-refractivity contribution in [3.63, 3.8) is 0 Å². The molecule has 0 bridgehead atoms. The SMILES string of the molecule is CCOc1ccc(-c2n[nH]c(=S)n2CC(=O)NC(C)c2ccccc2Cl)cc1. The predicted molar refractivity (Wildman–Crippen MR) is 112 cm³/mol. The summed E-state index contributed by atoms with van der Waals surface area (Å²) in [7, 11) is 0. The van der Waals surface area contributed by atoms with Crippen LogP contribution in [0.5, 0.6) is 5.75 Å². The maximum absolute atomic E-state index is 12.6. The maximum Gasteiger partial charge on any atom is 0.240 e. The predicted octanol–water partition coefficient (Wildman–Crippen LogP) is 4.54. The fraction of sp³-hybridized carbons (Fsp3) is 0.250. The number of hydrogen-bond acceptors (Lipinski definition) is 4. The van der Waals surface area contributed by atoms with E-state index in [1.54, 1.807) is 10.6 Å². The Morgan fingerprint density at radius 3 is 2.68 bits per heavy atom. The molecule has 0 aliphatic carbocycles. The number of carbonyl (C=O) groups is 1. The smallest absolute Gasteiger partial charge is 0.240 e. The molecule has 1 aromatic heterocycles. The Balaban J connectivity index is 1.76. The van der Waals surface area contributed by atoms with Gasteiger partial charge in [0.1, 0.15) is 12.3 Å². The third-order valence-electron chi connectivity index (χ3n) is 4.23. The van der Waals surface area contributed by atoms with E-state index in [0.29, 0.717) is 22.2 Å². The molecule has 1 unspecified atom stereocenters. The van der Waals surface area contributed by atoms with E-state index in [1.165, 1.54) is 0 Å². The van der Waals surface area contributed by atoms with Gasteiger partial charge in [-0.05, 0) is 62.0 Å². The highest BCUT2D eigenvalue weighted by atomic mass is 35.5. The Hall–Kier alpha value is -2.64. The number of ether oxygens (including phenoxy) is 1. The minimum atomic E-state index is -0.226. The van der Waals surface area contributed by atoms with E-state index in [-0.39, 0.29) is 18.5 Å². The van der Waals surface area contributed by atoms with Crippen LogP contribution in [0, 0.1) is 4.77 Å². The fourth-order valence-electron chi connectivity index (χ4n) is 2.89. The number of rotatable bonds is 7. The third-order valence-corrected chi connectivity index (χ3v) is 4.89. The van der Waals surface area contributed by atoms with Gasteiger partial charge in [-0.3, -0.25) is 14.5 Å². The first-order valence-corrected chi connectivity index (χ1v) is 9.70. The number of aromatic amines is 1. The monoisotopic (exact) mass is 416 g/mol. The summed E-state index contributed by atoms with van der Waals surface area (Å²) < 4.78 is 7.51. The number of benzene rings is 2. The minimum Gasteiger partial charge on any atom is -0.494 e. The second-order valence-corrected chi connectivity index (χ2v) is 7.00. The van der Waals surface area contributed by atoms with Crippen LogP contribution in [-0.4, -0.2) is 27.3 Å². The van der Waals surface area contributed by atoms with Crippen molar-refractivity contribution in [1.82, 2.24) is 20.1 Å². The van der Waals surface area contributed by atoms with E-state index >= 15 is 0 Å². The standard InChI is InChI=1S/C20H21ClN4O2S/c1-3-27-15-10-8-14(9-11-15)19-23-24-20(28)25(19)12-18(26)22-13(2)16-6-4-5-7-17(16)21/h4-11,13H,3,12H2,1-2H3,(H,22,26)(H,24,28). The van der Waals surface area contributed by atoms with Crippen LogP contribution in [0.25, 0.3) is 11.4 Å². The summed E-state index contributed by atoms with van der Waals surface area (Å²) in [6.45, 7) is 4.47. The normalized spacial score (nSPS) is 11.8. The summed E-state index contributed by atoms with van der Waals surface area (Å²) in [5, 5.41) is 10.6. The molecule has 6 nitrogen and oxygen atoms in total. The number of carbonyl (C=O) groups excluding carboxylic acids is 1. The lowest BCUT2D eigenvalue weighted by Crippen LogP contribution is -2.30. The van der Waals surface area contributed by atoms with Crippen LogP contribution in [0.3, 0.4) is 0 Å². The van der Waals surface area contributed by atoms with E-state index in [4.69, 9.17) is 28.6 Å². The zero-order chi connectivity index (χ0) is 20.1. The molecule has 0 aliphatic rings. The molecule has 0 saturated heterocycles. The van der Waals surface area contributed by atoms with Crippen molar-refractivity contribution in [1.29, 1.82) is 0 Å². The van der Waals surface area contributed by atoms with Gasteiger partial charge in [-0.25, -0.2) is 0 Å². The highest BCUT2D eigenvalue weighted by Crippen LogP contribution is 2.23. The van der Waals surface area contributed by atoms with Crippen molar-refractivity contribution in [2.75, 3.05) is 6.61 Å². The zero-order valence-electron chi connectivity index (χ0n) is 15.6. The van der Waals surface area contributed by atoms with Gasteiger partial charge in [0.15, 0.2) is 10.6 Å². The largest absolute Gasteiger partial charge is 0.494 e. The van der Waals surface area contributed by atoms with Gasteiger partial charge in [0.05, 0.1) is 12.6 Å². The van der Waals surface area contributed by atoms with E-state index in [0.717, 1.165) is 16.9 Å². The molecule has 0 radical (unpaired) electrons. The van der Waals surface area contributed by atoms with Crippen LogP contribution < -0.4 is 10.1 Å². The van der Waals surface area contributed by atoms with E-state index in [1.807, 2.05) is 56.3 Å². The summed E-state index contributed by atoms with van der Waals surface area (Å²) in [5.74, 6) is 1.18. The van der Waals surface area contributed by atoms with Gasteiger partial charge in [-0.1, -0.05) is 29.8 Å². The summed E-state index contributed by atoms with van der Waals surface area (Å²) in [6.07, 6.45) is 0. The Morgan fingerprint density at radius 2 is 2.00 bits per heavy atom. The molecule has 8 heteroatoms. The molecule has 1 heterocycles. The van der Waals surface area contributed by atoms with Crippen LogP contribution >= 0.6 is 23.8 Å². The molecule has 3 rings (SSSR count). The van der Waals surface area contributed by atoms with Crippen molar-refractivity contribution >= 4 is 29.7 Å². The first kappa shape index (κ1) is 20.1. The van der Waals surface area contributed by atoms with Gasteiger partial charge in [0, 0.05) is 10.6 Å². The third kappa shape index (κ3) is 4.61. The Bertz CT molecular complexity index is 1010. The highest BCUT2D eigenvalue weighted by Gasteiger charge is 2.16. The van der Waals surface area contributed by atoms with Gasteiger partial charge >= 0.3 is 0 Å². The van der Waals surface area contributed by atoms with Crippen LogP contribution in [-0.2, 0) is 11.3 Å². The van der Waals surface area contributed by atoms with Crippen molar-refractivity contribution < 1.29 is 9.53 Å². The molecule has 0 saturated carbocycles. The average Bonchev–Trinajstić information content (AvgIpc) is 3.03. The second kappa shape index (κ2) is 9.03. The van der Waals surface area contributed by atoms with Gasteiger partial charge in [0.2, 0.25) is 5.91 Å². The molecule has 146 valence electrons.